The van der Waals surface area contributed by atoms with Gasteiger partial charge in [-0.05, 0) is 56.6 Å². The van der Waals surface area contributed by atoms with Gasteiger partial charge in [0.05, 0.1) is 18.2 Å². The summed E-state index contributed by atoms with van der Waals surface area (Å²) in [4.78, 5) is 28.1. The summed E-state index contributed by atoms with van der Waals surface area (Å²) in [5.74, 6) is -0.146. The number of nitrogens with zero attached hydrogens (tertiary/aromatic N) is 2. The highest BCUT2D eigenvalue weighted by atomic mass is 16.3. The molecule has 2 amide bonds. The summed E-state index contributed by atoms with van der Waals surface area (Å²) in [6, 6.07) is 4.40. The summed E-state index contributed by atoms with van der Waals surface area (Å²) in [5.41, 5.74) is 1.31. The molecule has 0 aromatic heterocycles. The Morgan fingerprint density at radius 1 is 1.20 bits per heavy atom. The number of aromatic hydroxyl groups is 1. The van der Waals surface area contributed by atoms with E-state index in [-0.39, 0.29) is 30.0 Å². The van der Waals surface area contributed by atoms with E-state index in [1.165, 1.54) is 11.0 Å². The molecule has 5 heteroatoms. The molecule has 0 saturated carbocycles. The van der Waals surface area contributed by atoms with Crippen molar-refractivity contribution < 1.29 is 14.7 Å². The Kier molecular flexibility index (Phi) is 3.22. The Labute approximate surface area is 117 Å². The van der Waals surface area contributed by atoms with Crippen LogP contribution in [0, 0.1) is 6.92 Å². The first kappa shape index (κ1) is 13.1. The summed E-state index contributed by atoms with van der Waals surface area (Å²) in [5, 5.41) is 9.44. The van der Waals surface area contributed by atoms with Crippen LogP contribution in [0.15, 0.2) is 18.2 Å². The minimum atomic E-state index is -0.307. The first-order valence-electron chi connectivity index (χ1n) is 6.98. The lowest BCUT2D eigenvalue weighted by molar-refractivity contribution is -0.122. The van der Waals surface area contributed by atoms with E-state index >= 15 is 0 Å². The molecule has 0 bridgehead atoms. The van der Waals surface area contributed by atoms with Gasteiger partial charge in [-0.15, -0.1) is 0 Å². The molecule has 106 valence electrons. The molecule has 5 nitrogen and oxygen atoms in total. The molecule has 1 aromatic rings. The molecule has 0 radical (unpaired) electrons. The van der Waals surface area contributed by atoms with Crippen molar-refractivity contribution in [3.8, 4) is 5.75 Å². The van der Waals surface area contributed by atoms with Crippen LogP contribution in [0.3, 0.4) is 0 Å². The van der Waals surface area contributed by atoms with E-state index in [1.54, 1.807) is 19.1 Å². The number of hydrogen-bond donors (Lipinski definition) is 1. The van der Waals surface area contributed by atoms with Gasteiger partial charge in [-0.25, -0.2) is 4.90 Å². The molecule has 2 aliphatic heterocycles. The number of amides is 2. The van der Waals surface area contributed by atoms with Gasteiger partial charge in [0.2, 0.25) is 5.91 Å². The van der Waals surface area contributed by atoms with Crippen LogP contribution in [-0.2, 0) is 9.59 Å². The fourth-order valence-electron chi connectivity index (χ4n) is 3.10. The van der Waals surface area contributed by atoms with Gasteiger partial charge in [0.15, 0.2) is 0 Å². The minimum absolute atomic E-state index is 0.134. The van der Waals surface area contributed by atoms with E-state index in [9.17, 15) is 14.7 Å². The molecule has 20 heavy (non-hydrogen) atoms. The van der Waals surface area contributed by atoms with Crippen molar-refractivity contribution in [1.82, 2.24) is 4.90 Å². The second-order valence-electron chi connectivity index (χ2n) is 5.50. The van der Waals surface area contributed by atoms with Gasteiger partial charge in [-0.1, -0.05) is 0 Å². The molecule has 2 aliphatic rings. The number of benzene rings is 1. The van der Waals surface area contributed by atoms with Crippen molar-refractivity contribution >= 4 is 17.5 Å². The Hall–Kier alpha value is -1.88. The lowest BCUT2D eigenvalue weighted by atomic mass is 10.1. The van der Waals surface area contributed by atoms with Crippen LogP contribution in [0.2, 0.25) is 0 Å². The Morgan fingerprint density at radius 3 is 2.55 bits per heavy atom. The van der Waals surface area contributed by atoms with Crippen molar-refractivity contribution in [3.05, 3.63) is 23.8 Å². The maximum absolute atomic E-state index is 12.5. The van der Waals surface area contributed by atoms with Crippen LogP contribution in [0.4, 0.5) is 5.69 Å². The van der Waals surface area contributed by atoms with Gasteiger partial charge in [-0.2, -0.15) is 0 Å². The fraction of sp³-hybridized carbons (Fsp3) is 0.467. The molecule has 1 N–H and O–H groups in total. The van der Waals surface area contributed by atoms with Gasteiger partial charge >= 0.3 is 0 Å². The molecule has 1 atom stereocenters. The Balaban J connectivity index is 1.90. The van der Waals surface area contributed by atoms with Gasteiger partial charge in [-0.3, -0.25) is 14.5 Å². The molecule has 1 unspecified atom stereocenters. The van der Waals surface area contributed by atoms with Crippen molar-refractivity contribution in [1.29, 1.82) is 0 Å². The summed E-state index contributed by atoms with van der Waals surface area (Å²) in [6.07, 6.45) is 2.45. The normalized spacial score (nSPS) is 23.9. The maximum atomic E-state index is 12.5. The van der Waals surface area contributed by atoms with Crippen molar-refractivity contribution in [2.24, 2.45) is 0 Å². The maximum Gasteiger partial charge on any atom is 0.251 e. The van der Waals surface area contributed by atoms with E-state index in [0.29, 0.717) is 5.69 Å². The van der Waals surface area contributed by atoms with Crippen LogP contribution in [0.5, 0.6) is 5.75 Å². The average Bonchev–Trinajstić information content (AvgIpc) is 3.00. The van der Waals surface area contributed by atoms with E-state index in [2.05, 4.69) is 4.90 Å². The summed E-state index contributed by atoms with van der Waals surface area (Å²) in [6.45, 7) is 3.58. The molecule has 0 spiro atoms. The van der Waals surface area contributed by atoms with Crippen LogP contribution in [0.25, 0.3) is 0 Å². The molecule has 0 aliphatic carbocycles. The molecule has 2 saturated heterocycles. The molecule has 3 rings (SSSR count). The van der Waals surface area contributed by atoms with Crippen molar-refractivity contribution in [2.45, 2.75) is 32.2 Å². The topological polar surface area (TPSA) is 60.9 Å². The summed E-state index contributed by atoms with van der Waals surface area (Å²) < 4.78 is 0. The van der Waals surface area contributed by atoms with E-state index in [4.69, 9.17) is 0 Å². The summed E-state index contributed by atoms with van der Waals surface area (Å²) >= 11 is 0. The van der Waals surface area contributed by atoms with Gasteiger partial charge in [0.25, 0.3) is 5.91 Å². The number of likely N-dealkylation sites (tertiary alicyclic amines) is 1. The first-order chi connectivity index (χ1) is 9.58. The SMILES string of the molecule is Cc1cc(O)ccc1N1C(=O)CC(N2CCCC2)C1=O. The molecular formula is C15H18N2O3. The molecule has 2 fully saturated rings. The quantitative estimate of drug-likeness (QED) is 0.829. The minimum Gasteiger partial charge on any atom is -0.508 e. The highest BCUT2D eigenvalue weighted by molar-refractivity contribution is 6.22. The largest absolute Gasteiger partial charge is 0.508 e. The first-order valence-corrected chi connectivity index (χ1v) is 6.98. The Bertz CT molecular complexity index is 564. The summed E-state index contributed by atoms with van der Waals surface area (Å²) in [7, 11) is 0. The van der Waals surface area contributed by atoms with Crippen LogP contribution in [0.1, 0.15) is 24.8 Å². The molecular weight excluding hydrogens is 256 g/mol. The average molecular weight is 274 g/mol. The van der Waals surface area contributed by atoms with Gasteiger partial charge < -0.3 is 5.11 Å². The smallest absolute Gasteiger partial charge is 0.251 e. The van der Waals surface area contributed by atoms with Crippen LogP contribution >= 0.6 is 0 Å². The predicted molar refractivity (Wildman–Crippen MR) is 74.5 cm³/mol. The number of phenols is 1. The second-order valence-corrected chi connectivity index (χ2v) is 5.50. The number of rotatable bonds is 2. The monoisotopic (exact) mass is 274 g/mol. The molecule has 1 aromatic carbocycles. The molecule has 2 heterocycles. The standard InChI is InChI=1S/C15H18N2O3/c1-10-8-11(18)4-5-12(10)17-14(19)9-13(15(17)20)16-6-2-3-7-16/h4-5,8,13,18H,2-3,6-7,9H2,1H3. The van der Waals surface area contributed by atoms with E-state index in [1.807, 2.05) is 0 Å². The number of phenolic OH excluding ortho intramolecular Hbond substituents is 1. The van der Waals surface area contributed by atoms with E-state index in [0.717, 1.165) is 31.5 Å². The van der Waals surface area contributed by atoms with E-state index < -0.39 is 0 Å². The van der Waals surface area contributed by atoms with Gasteiger partial charge in [0.1, 0.15) is 5.75 Å². The predicted octanol–water partition coefficient (Wildman–Crippen LogP) is 1.43. The number of aryl methyl sites for hydroxylation is 1. The zero-order valence-corrected chi connectivity index (χ0v) is 11.5. The lowest BCUT2D eigenvalue weighted by Gasteiger charge is -2.22. The highest BCUT2D eigenvalue weighted by Crippen LogP contribution is 2.31. The zero-order valence-electron chi connectivity index (χ0n) is 11.5. The second kappa shape index (κ2) is 4.90. The number of carbonyl (C=O) groups is 2. The number of anilines is 1. The highest BCUT2D eigenvalue weighted by Gasteiger charge is 2.43. The number of carbonyl (C=O) groups excluding carboxylic acids is 2. The lowest BCUT2D eigenvalue weighted by Crippen LogP contribution is -2.40. The third kappa shape index (κ3) is 2.08. The fourth-order valence-corrected chi connectivity index (χ4v) is 3.10. The van der Waals surface area contributed by atoms with Crippen molar-refractivity contribution in [2.75, 3.05) is 18.0 Å². The number of hydrogen-bond acceptors (Lipinski definition) is 4. The van der Waals surface area contributed by atoms with Crippen LogP contribution in [-0.4, -0.2) is 41.0 Å². The third-order valence-electron chi connectivity index (χ3n) is 4.13. The van der Waals surface area contributed by atoms with Crippen molar-refractivity contribution in [3.63, 3.8) is 0 Å². The zero-order chi connectivity index (χ0) is 14.3. The van der Waals surface area contributed by atoms with Gasteiger partial charge in [0, 0.05) is 0 Å². The Morgan fingerprint density at radius 2 is 1.90 bits per heavy atom. The number of imide groups is 1. The van der Waals surface area contributed by atoms with Crippen LogP contribution < -0.4 is 4.90 Å². The third-order valence-corrected chi connectivity index (χ3v) is 4.13.